The van der Waals surface area contributed by atoms with Crippen LogP contribution in [-0.2, 0) is 0 Å². The van der Waals surface area contributed by atoms with E-state index < -0.39 is 0 Å². The van der Waals surface area contributed by atoms with Gasteiger partial charge in [0.25, 0.3) is 0 Å². The van der Waals surface area contributed by atoms with Crippen molar-refractivity contribution in [1.82, 2.24) is 9.97 Å². The van der Waals surface area contributed by atoms with Gasteiger partial charge in [0.2, 0.25) is 0 Å². The fourth-order valence-corrected chi connectivity index (χ4v) is 2.51. The predicted molar refractivity (Wildman–Crippen MR) is 85.4 cm³/mol. The maximum Gasteiger partial charge on any atom is 0.170 e. The summed E-state index contributed by atoms with van der Waals surface area (Å²) in [4.78, 5) is 13.2. The van der Waals surface area contributed by atoms with Gasteiger partial charge in [-0.25, -0.2) is 9.97 Å². The molecule has 1 aliphatic rings. The van der Waals surface area contributed by atoms with Gasteiger partial charge in [-0.15, -0.1) is 0 Å². The smallest absolute Gasteiger partial charge is 0.170 e. The predicted octanol–water partition coefficient (Wildman–Crippen LogP) is 0.898. The molecule has 0 amide bonds. The van der Waals surface area contributed by atoms with Crippen LogP contribution in [0.2, 0.25) is 0 Å². The second kappa shape index (κ2) is 6.30. The minimum absolute atomic E-state index is 0.0933. The van der Waals surface area contributed by atoms with Crippen molar-refractivity contribution in [2.45, 2.75) is 0 Å². The minimum Gasteiger partial charge on any atom is -0.409 e. The summed E-state index contributed by atoms with van der Waals surface area (Å²) in [5.41, 5.74) is 6.29. The number of nitrogens with zero attached hydrogens (tertiary/aromatic N) is 5. The lowest BCUT2D eigenvalue weighted by Crippen LogP contribution is -2.47. The summed E-state index contributed by atoms with van der Waals surface area (Å²) in [5, 5.41) is 11.8. The highest BCUT2D eigenvalue weighted by Gasteiger charge is 2.19. The number of hydrogen-bond acceptors (Lipinski definition) is 6. The first-order chi connectivity index (χ1) is 10.8. The molecule has 1 saturated heterocycles. The number of anilines is 2. The number of piperazine rings is 1. The van der Waals surface area contributed by atoms with Gasteiger partial charge in [-0.05, 0) is 24.3 Å². The Morgan fingerprint density at radius 3 is 2.32 bits per heavy atom. The van der Waals surface area contributed by atoms with E-state index in [9.17, 15) is 0 Å². The Morgan fingerprint density at radius 2 is 1.68 bits per heavy atom. The Labute approximate surface area is 128 Å². The Balaban J connectivity index is 1.69. The normalized spacial score (nSPS) is 15.9. The molecule has 7 heteroatoms. The first-order valence-electron chi connectivity index (χ1n) is 7.13. The van der Waals surface area contributed by atoms with Gasteiger partial charge in [-0.2, -0.15) is 0 Å². The Morgan fingerprint density at radius 1 is 1.00 bits per heavy atom. The molecule has 3 N–H and O–H groups in total. The summed E-state index contributed by atoms with van der Waals surface area (Å²) >= 11 is 0. The van der Waals surface area contributed by atoms with Crippen molar-refractivity contribution < 1.29 is 5.21 Å². The van der Waals surface area contributed by atoms with Gasteiger partial charge < -0.3 is 20.7 Å². The molecular weight excluding hydrogens is 280 g/mol. The lowest BCUT2D eigenvalue weighted by atomic mass is 10.2. The number of rotatable bonds is 3. The number of pyridine rings is 2. The van der Waals surface area contributed by atoms with E-state index in [0.717, 1.165) is 37.8 Å². The van der Waals surface area contributed by atoms with E-state index in [1.807, 2.05) is 30.5 Å². The van der Waals surface area contributed by atoms with Crippen molar-refractivity contribution in [2.24, 2.45) is 10.9 Å². The van der Waals surface area contributed by atoms with Crippen molar-refractivity contribution in [1.29, 1.82) is 0 Å². The maximum atomic E-state index is 8.77. The number of nitrogens with two attached hydrogens (primary N) is 1. The summed E-state index contributed by atoms with van der Waals surface area (Å²) in [6, 6.07) is 9.50. The SMILES string of the molecule is N/C(=N\O)c1ccnc(N2CCN(c3ccccn3)CC2)c1. The molecule has 0 aromatic carbocycles. The van der Waals surface area contributed by atoms with Gasteiger partial charge in [0.15, 0.2) is 5.84 Å². The Kier molecular flexibility index (Phi) is 4.04. The van der Waals surface area contributed by atoms with E-state index in [1.54, 1.807) is 12.3 Å². The van der Waals surface area contributed by atoms with E-state index in [2.05, 4.69) is 24.9 Å². The third-order valence-corrected chi connectivity index (χ3v) is 3.73. The van der Waals surface area contributed by atoms with Crippen LogP contribution in [0.15, 0.2) is 47.9 Å². The van der Waals surface area contributed by atoms with Crippen LogP contribution >= 0.6 is 0 Å². The van der Waals surface area contributed by atoms with Crippen molar-refractivity contribution in [3.63, 3.8) is 0 Å². The van der Waals surface area contributed by atoms with E-state index in [4.69, 9.17) is 10.9 Å². The molecule has 0 saturated carbocycles. The lowest BCUT2D eigenvalue weighted by molar-refractivity contribution is 0.318. The zero-order chi connectivity index (χ0) is 15.4. The summed E-state index contributed by atoms with van der Waals surface area (Å²) in [7, 11) is 0. The van der Waals surface area contributed by atoms with Crippen LogP contribution in [0.1, 0.15) is 5.56 Å². The molecule has 7 nitrogen and oxygen atoms in total. The number of oxime groups is 1. The fraction of sp³-hybridized carbons (Fsp3) is 0.267. The van der Waals surface area contributed by atoms with Gasteiger partial charge in [0, 0.05) is 44.1 Å². The summed E-state index contributed by atoms with van der Waals surface area (Å²) in [5.74, 6) is 1.93. The molecule has 0 atom stereocenters. The number of amidine groups is 1. The summed E-state index contributed by atoms with van der Waals surface area (Å²) < 4.78 is 0. The van der Waals surface area contributed by atoms with E-state index in [-0.39, 0.29) is 5.84 Å². The highest BCUT2D eigenvalue weighted by Crippen LogP contribution is 2.18. The average molecular weight is 298 g/mol. The highest BCUT2D eigenvalue weighted by molar-refractivity contribution is 5.97. The molecule has 3 rings (SSSR count). The molecule has 0 unspecified atom stereocenters. The third kappa shape index (κ3) is 2.93. The van der Waals surface area contributed by atoms with Crippen LogP contribution in [-0.4, -0.2) is 47.2 Å². The Hall–Kier alpha value is -2.83. The van der Waals surface area contributed by atoms with Gasteiger partial charge in [0.1, 0.15) is 11.6 Å². The average Bonchev–Trinajstić information content (AvgIpc) is 2.62. The van der Waals surface area contributed by atoms with Crippen LogP contribution in [0.5, 0.6) is 0 Å². The van der Waals surface area contributed by atoms with E-state index in [0.29, 0.717) is 5.56 Å². The second-order valence-corrected chi connectivity index (χ2v) is 5.05. The van der Waals surface area contributed by atoms with Crippen LogP contribution < -0.4 is 15.5 Å². The molecule has 3 heterocycles. The van der Waals surface area contributed by atoms with Crippen LogP contribution in [0.3, 0.4) is 0 Å². The van der Waals surface area contributed by atoms with Crippen LogP contribution in [0, 0.1) is 0 Å². The molecule has 0 aliphatic carbocycles. The molecule has 1 fully saturated rings. The monoisotopic (exact) mass is 298 g/mol. The van der Waals surface area contributed by atoms with Crippen LogP contribution in [0.25, 0.3) is 0 Å². The van der Waals surface area contributed by atoms with E-state index in [1.165, 1.54) is 0 Å². The minimum atomic E-state index is 0.0933. The zero-order valence-electron chi connectivity index (χ0n) is 12.1. The van der Waals surface area contributed by atoms with Gasteiger partial charge in [0.05, 0.1) is 0 Å². The molecule has 1 aliphatic heterocycles. The summed E-state index contributed by atoms with van der Waals surface area (Å²) in [6.45, 7) is 3.46. The topological polar surface area (TPSA) is 90.9 Å². The van der Waals surface area contributed by atoms with Crippen molar-refractivity contribution >= 4 is 17.5 Å². The first kappa shape index (κ1) is 14.1. The number of hydrogen-bond donors (Lipinski definition) is 2. The largest absolute Gasteiger partial charge is 0.409 e. The molecule has 22 heavy (non-hydrogen) atoms. The van der Waals surface area contributed by atoms with Crippen LogP contribution in [0.4, 0.5) is 11.6 Å². The molecular formula is C15H18N6O. The Bertz CT molecular complexity index is 652. The number of aromatic nitrogens is 2. The second-order valence-electron chi connectivity index (χ2n) is 5.05. The molecule has 2 aromatic rings. The first-order valence-corrected chi connectivity index (χ1v) is 7.13. The standard InChI is InChI=1S/C15H18N6O/c16-15(19-22)12-4-6-18-14(11-12)21-9-7-20(8-10-21)13-3-1-2-5-17-13/h1-6,11,22H,7-10H2,(H2,16,19). The third-order valence-electron chi connectivity index (χ3n) is 3.73. The molecule has 114 valence electrons. The van der Waals surface area contributed by atoms with Crippen molar-refractivity contribution in [3.8, 4) is 0 Å². The fourth-order valence-electron chi connectivity index (χ4n) is 2.51. The summed E-state index contributed by atoms with van der Waals surface area (Å²) in [6.07, 6.45) is 3.48. The van der Waals surface area contributed by atoms with Gasteiger partial charge in [-0.1, -0.05) is 11.2 Å². The zero-order valence-corrected chi connectivity index (χ0v) is 12.1. The lowest BCUT2D eigenvalue weighted by Gasteiger charge is -2.36. The molecule has 0 spiro atoms. The van der Waals surface area contributed by atoms with E-state index >= 15 is 0 Å². The molecule has 0 bridgehead atoms. The highest BCUT2D eigenvalue weighted by atomic mass is 16.4. The van der Waals surface area contributed by atoms with Gasteiger partial charge >= 0.3 is 0 Å². The maximum absolute atomic E-state index is 8.77. The quantitative estimate of drug-likeness (QED) is 0.379. The van der Waals surface area contributed by atoms with Gasteiger partial charge in [-0.3, -0.25) is 0 Å². The molecule has 2 aromatic heterocycles. The van der Waals surface area contributed by atoms with Crippen molar-refractivity contribution in [2.75, 3.05) is 36.0 Å². The molecule has 0 radical (unpaired) electrons. The van der Waals surface area contributed by atoms with Crippen molar-refractivity contribution in [3.05, 3.63) is 48.3 Å².